The molecular weight excluding hydrogens is 264 g/mol. The van der Waals surface area contributed by atoms with Gasteiger partial charge in [-0.2, -0.15) is 0 Å². The molecule has 0 heterocycles. The molecule has 0 aliphatic rings. The summed E-state index contributed by atoms with van der Waals surface area (Å²) in [4.78, 5) is 18.1. The van der Waals surface area contributed by atoms with E-state index in [9.17, 15) is 0 Å². The monoisotopic (exact) mass is 272 g/mol. The van der Waals surface area contributed by atoms with E-state index in [2.05, 4.69) is 13.2 Å². The normalized spacial score (nSPS) is 3.08. The van der Waals surface area contributed by atoms with Crippen LogP contribution in [0, 0.1) is 0 Å². The van der Waals surface area contributed by atoms with Gasteiger partial charge in [-0.25, -0.2) is 0 Å². The molecular formula is C6H8Fe2O5. The first-order valence-electron chi connectivity index (χ1n) is 1.95. The summed E-state index contributed by atoms with van der Waals surface area (Å²) in [5.74, 6) is 0. The largest absolute Gasteiger partial charge is 3.00 e. The van der Waals surface area contributed by atoms with Gasteiger partial charge in [-0.3, -0.25) is 9.59 Å². The van der Waals surface area contributed by atoms with Crippen LogP contribution in [0.25, 0.3) is 0 Å². The first kappa shape index (κ1) is 53.3. The fraction of sp³-hybridized carbons (Fsp3) is 0. The fourth-order valence-corrected chi connectivity index (χ4v) is 0. The Labute approximate surface area is 98.1 Å². The molecule has 7 heteroatoms. The molecule has 0 rings (SSSR count). The molecule has 0 N–H and O–H groups in total. The van der Waals surface area contributed by atoms with Gasteiger partial charge in [0.25, 0.3) is 0 Å². The topological polar surface area (TPSA) is 120 Å². The molecule has 5 nitrogen and oxygen atoms in total. The average Bonchev–Trinajstić information content (AvgIpc) is 1.88. The second-order valence-corrected chi connectivity index (χ2v) is 0.744. The molecule has 78 valence electrons. The van der Waals surface area contributed by atoms with Crippen LogP contribution < -0.4 is 0 Å². The van der Waals surface area contributed by atoms with E-state index in [1.165, 1.54) is 12.2 Å². The Kier molecular flexibility index (Phi) is 397. The third-order valence-corrected chi connectivity index (χ3v) is 0.192. The minimum absolute atomic E-state index is 0. The molecule has 0 aliphatic carbocycles. The summed E-state index contributed by atoms with van der Waals surface area (Å²) in [5, 5.41) is 0. The van der Waals surface area contributed by atoms with E-state index in [0.717, 1.165) is 0 Å². The number of carbonyl (C=O) groups excluding carboxylic acids is 2. The quantitative estimate of drug-likeness (QED) is 0.410. The third-order valence-electron chi connectivity index (χ3n) is 0.192. The van der Waals surface area contributed by atoms with Gasteiger partial charge in [-0.1, -0.05) is 13.2 Å². The molecule has 2 radical (unpaired) electrons. The maximum Gasteiger partial charge on any atom is 3.00 e. The van der Waals surface area contributed by atoms with E-state index in [4.69, 9.17) is 9.59 Å². The molecule has 0 aromatic carbocycles. The average molecular weight is 272 g/mol. The fourth-order valence-electron chi connectivity index (χ4n) is 0. The van der Waals surface area contributed by atoms with Gasteiger partial charge >= 0.3 is 34.1 Å². The zero-order chi connectivity index (χ0) is 6.83. The summed E-state index contributed by atoms with van der Waals surface area (Å²) >= 11 is 0. The molecule has 0 bridgehead atoms. The first-order chi connectivity index (χ1) is 3.83. The van der Waals surface area contributed by atoms with Crippen LogP contribution in [0.15, 0.2) is 25.3 Å². The molecule has 0 unspecified atom stereocenters. The predicted molar refractivity (Wildman–Crippen MR) is 34.6 cm³/mol. The Morgan fingerprint density at radius 1 is 0.692 bits per heavy atom. The van der Waals surface area contributed by atoms with Crippen molar-refractivity contribution in [3.8, 4) is 0 Å². The number of hydrogen-bond acceptors (Lipinski definition) is 2. The summed E-state index contributed by atoms with van der Waals surface area (Å²) < 4.78 is 0. The minimum atomic E-state index is 0. The first-order valence-corrected chi connectivity index (χ1v) is 1.95. The number of allylic oxidation sites excluding steroid dienone is 2. The van der Waals surface area contributed by atoms with Crippen LogP contribution in [0.5, 0.6) is 0 Å². The number of rotatable bonds is 2. The smallest absolute Gasteiger partial charge is 2.00 e. The number of aldehydes is 2. The second-order valence-electron chi connectivity index (χ2n) is 0.744. The van der Waals surface area contributed by atoms with Gasteiger partial charge in [0.15, 0.2) is 0 Å². The number of hydrogen-bond donors (Lipinski definition) is 0. The minimum Gasteiger partial charge on any atom is -2.00 e. The second kappa shape index (κ2) is 96.8. The summed E-state index contributed by atoms with van der Waals surface area (Å²) in [6, 6.07) is 0. The van der Waals surface area contributed by atoms with Crippen LogP contribution in [-0.2, 0) is 60.2 Å². The molecule has 0 fully saturated rings. The van der Waals surface area contributed by atoms with Crippen molar-refractivity contribution in [3.63, 3.8) is 0 Å². The molecule has 0 aliphatic heterocycles. The van der Waals surface area contributed by atoms with Gasteiger partial charge in [0.1, 0.15) is 12.6 Å². The van der Waals surface area contributed by atoms with Crippen molar-refractivity contribution in [1.29, 1.82) is 0 Å². The van der Waals surface area contributed by atoms with Crippen molar-refractivity contribution in [2.24, 2.45) is 0 Å². The Balaban J connectivity index is -0.00000000800. The molecule has 0 amide bonds. The third kappa shape index (κ3) is 368. The van der Waals surface area contributed by atoms with Gasteiger partial charge in [-0.15, -0.1) is 0 Å². The van der Waals surface area contributed by atoms with Crippen LogP contribution in [0.2, 0.25) is 0 Å². The van der Waals surface area contributed by atoms with Gasteiger partial charge in [0.05, 0.1) is 0 Å². The van der Waals surface area contributed by atoms with Crippen molar-refractivity contribution in [2.75, 3.05) is 0 Å². The van der Waals surface area contributed by atoms with E-state index in [1.807, 2.05) is 0 Å². The Morgan fingerprint density at radius 2 is 0.769 bits per heavy atom. The Morgan fingerprint density at radius 3 is 0.769 bits per heavy atom. The van der Waals surface area contributed by atoms with E-state index >= 15 is 0 Å². The molecule has 0 saturated carbocycles. The Hall–Kier alpha value is -0.261. The van der Waals surface area contributed by atoms with Crippen molar-refractivity contribution in [3.05, 3.63) is 25.3 Å². The molecule has 0 aromatic heterocycles. The standard InChI is InChI=1S/2C3H4O.2Fe.3O/c2*1-2-3-4;;;;;/h2*2-3H,1H2;;;;;/q;;2*+3;3*-2. The van der Waals surface area contributed by atoms with Crippen LogP contribution in [0.1, 0.15) is 0 Å². The maximum atomic E-state index is 9.06. The van der Waals surface area contributed by atoms with Crippen LogP contribution in [-0.4, -0.2) is 12.6 Å². The Bertz CT molecular complexity index is 73.0. The van der Waals surface area contributed by atoms with Crippen LogP contribution >= 0.6 is 0 Å². The van der Waals surface area contributed by atoms with Crippen LogP contribution in [0.4, 0.5) is 0 Å². The van der Waals surface area contributed by atoms with Gasteiger partial charge in [0.2, 0.25) is 0 Å². The van der Waals surface area contributed by atoms with Crippen LogP contribution in [0.3, 0.4) is 0 Å². The summed E-state index contributed by atoms with van der Waals surface area (Å²) in [5.41, 5.74) is 0. The number of carbonyl (C=O) groups is 2. The summed E-state index contributed by atoms with van der Waals surface area (Å²) in [6.07, 6.45) is 3.67. The van der Waals surface area contributed by atoms with Gasteiger partial charge < -0.3 is 16.4 Å². The van der Waals surface area contributed by atoms with Crippen molar-refractivity contribution >= 4 is 12.6 Å². The molecule has 0 spiro atoms. The summed E-state index contributed by atoms with van der Waals surface area (Å²) in [6.45, 7) is 6.22. The van der Waals surface area contributed by atoms with E-state index < -0.39 is 0 Å². The van der Waals surface area contributed by atoms with E-state index in [-0.39, 0.29) is 50.6 Å². The molecule has 0 aromatic rings. The predicted octanol–water partition coefficient (Wildman–Crippen LogP) is 0.381. The van der Waals surface area contributed by atoms with Gasteiger partial charge in [0, 0.05) is 0 Å². The maximum absolute atomic E-state index is 9.06. The van der Waals surface area contributed by atoms with E-state index in [1.54, 1.807) is 0 Å². The summed E-state index contributed by atoms with van der Waals surface area (Å²) in [7, 11) is 0. The van der Waals surface area contributed by atoms with E-state index in [0.29, 0.717) is 12.6 Å². The zero-order valence-electron chi connectivity index (χ0n) is 6.47. The van der Waals surface area contributed by atoms with Gasteiger partial charge in [-0.05, 0) is 12.2 Å². The van der Waals surface area contributed by atoms with Crippen molar-refractivity contribution < 1.29 is 60.2 Å². The molecule has 0 saturated heterocycles. The molecule has 0 atom stereocenters. The van der Waals surface area contributed by atoms with Crippen molar-refractivity contribution in [1.82, 2.24) is 0 Å². The SMILES string of the molecule is C=CC=O.C=CC=O.[Fe+3].[Fe+3].[O-2].[O-2].[O-2]. The van der Waals surface area contributed by atoms with Crippen molar-refractivity contribution in [2.45, 2.75) is 0 Å². The molecule has 13 heavy (non-hydrogen) atoms. The zero-order valence-corrected chi connectivity index (χ0v) is 8.68.